The maximum Gasteiger partial charge on any atom is 0.339 e. The first kappa shape index (κ1) is 12.2. The lowest BCUT2D eigenvalue weighted by Crippen LogP contribution is -2.03. The predicted molar refractivity (Wildman–Crippen MR) is 59.6 cm³/mol. The molecule has 1 heterocycles. The fraction of sp³-hybridized carbons (Fsp3) is 0.167. The standard InChI is InChI=1S/C12H9F2NO3/c1-17-9-4-8(13)10(14)7-3-6(12(16)18-2)5-15-11(7)9/h3-5H,1-2H3. The normalized spacial score (nSPS) is 10.4. The number of carbonyl (C=O) groups is 1. The molecule has 0 radical (unpaired) electrons. The van der Waals surface area contributed by atoms with Crippen molar-refractivity contribution in [3.8, 4) is 5.75 Å². The number of esters is 1. The van der Waals surface area contributed by atoms with Crippen molar-refractivity contribution in [2.45, 2.75) is 0 Å². The van der Waals surface area contributed by atoms with E-state index in [4.69, 9.17) is 4.74 Å². The number of halogens is 2. The van der Waals surface area contributed by atoms with Gasteiger partial charge in [-0.25, -0.2) is 13.6 Å². The summed E-state index contributed by atoms with van der Waals surface area (Å²) in [6.07, 6.45) is 1.22. The Kier molecular flexibility index (Phi) is 3.10. The third-order valence-electron chi connectivity index (χ3n) is 2.47. The predicted octanol–water partition coefficient (Wildman–Crippen LogP) is 2.31. The van der Waals surface area contributed by atoms with Crippen molar-refractivity contribution in [3.63, 3.8) is 0 Å². The van der Waals surface area contributed by atoms with Crippen LogP contribution < -0.4 is 4.74 Å². The van der Waals surface area contributed by atoms with Crippen molar-refractivity contribution < 1.29 is 23.0 Å². The Morgan fingerprint density at radius 1 is 1.28 bits per heavy atom. The van der Waals surface area contributed by atoms with E-state index in [9.17, 15) is 13.6 Å². The van der Waals surface area contributed by atoms with E-state index >= 15 is 0 Å². The molecule has 2 aromatic rings. The molecule has 18 heavy (non-hydrogen) atoms. The third kappa shape index (κ3) is 1.85. The number of ether oxygens (including phenoxy) is 2. The van der Waals surface area contributed by atoms with Crippen molar-refractivity contribution in [2.24, 2.45) is 0 Å². The van der Waals surface area contributed by atoms with Crippen molar-refractivity contribution in [1.29, 1.82) is 0 Å². The lowest BCUT2D eigenvalue weighted by Gasteiger charge is -2.07. The molecule has 4 nitrogen and oxygen atoms in total. The first-order valence-corrected chi connectivity index (χ1v) is 4.98. The van der Waals surface area contributed by atoms with Gasteiger partial charge in [-0.05, 0) is 6.07 Å². The largest absolute Gasteiger partial charge is 0.494 e. The Labute approximate surface area is 101 Å². The van der Waals surface area contributed by atoms with Crippen molar-refractivity contribution in [3.05, 3.63) is 35.5 Å². The summed E-state index contributed by atoms with van der Waals surface area (Å²) in [4.78, 5) is 15.2. The van der Waals surface area contributed by atoms with E-state index in [2.05, 4.69) is 9.72 Å². The number of fused-ring (bicyclic) bond motifs is 1. The highest BCUT2D eigenvalue weighted by Crippen LogP contribution is 2.28. The molecule has 94 valence electrons. The second-order valence-corrected chi connectivity index (χ2v) is 3.49. The van der Waals surface area contributed by atoms with Crippen LogP contribution in [0.2, 0.25) is 0 Å². The number of hydrogen-bond donors (Lipinski definition) is 0. The molecule has 0 saturated heterocycles. The minimum absolute atomic E-state index is 0.0385. The molecule has 0 amide bonds. The molecule has 1 aromatic heterocycles. The van der Waals surface area contributed by atoms with Gasteiger partial charge in [-0.1, -0.05) is 0 Å². The van der Waals surface area contributed by atoms with Gasteiger partial charge in [-0.3, -0.25) is 4.98 Å². The minimum Gasteiger partial charge on any atom is -0.494 e. The van der Waals surface area contributed by atoms with E-state index in [1.165, 1.54) is 26.5 Å². The van der Waals surface area contributed by atoms with Gasteiger partial charge < -0.3 is 9.47 Å². The highest BCUT2D eigenvalue weighted by molar-refractivity contribution is 5.95. The van der Waals surface area contributed by atoms with Gasteiger partial charge in [0.1, 0.15) is 11.3 Å². The van der Waals surface area contributed by atoms with Crippen LogP contribution in [0, 0.1) is 11.6 Å². The van der Waals surface area contributed by atoms with Crippen molar-refractivity contribution in [2.75, 3.05) is 14.2 Å². The maximum atomic E-state index is 13.6. The molecule has 0 aliphatic rings. The highest BCUT2D eigenvalue weighted by atomic mass is 19.2. The monoisotopic (exact) mass is 253 g/mol. The summed E-state index contributed by atoms with van der Waals surface area (Å²) >= 11 is 0. The lowest BCUT2D eigenvalue weighted by atomic mass is 10.1. The number of methoxy groups -OCH3 is 2. The van der Waals surface area contributed by atoms with Gasteiger partial charge in [0.05, 0.1) is 19.8 Å². The van der Waals surface area contributed by atoms with Crippen LogP contribution >= 0.6 is 0 Å². The first-order valence-electron chi connectivity index (χ1n) is 4.98. The van der Waals surface area contributed by atoms with E-state index in [0.717, 1.165) is 6.07 Å². The Bertz CT molecular complexity index is 628. The minimum atomic E-state index is -1.08. The Morgan fingerprint density at radius 2 is 2.00 bits per heavy atom. The lowest BCUT2D eigenvalue weighted by molar-refractivity contribution is 0.0600. The highest BCUT2D eigenvalue weighted by Gasteiger charge is 2.16. The molecule has 0 aliphatic carbocycles. The first-order chi connectivity index (χ1) is 8.58. The number of pyridine rings is 1. The molecular weight excluding hydrogens is 244 g/mol. The van der Waals surface area contributed by atoms with Crippen molar-refractivity contribution in [1.82, 2.24) is 4.98 Å². The summed E-state index contributed by atoms with van der Waals surface area (Å²) in [6, 6.07) is 2.08. The van der Waals surface area contributed by atoms with Gasteiger partial charge in [0.15, 0.2) is 11.6 Å². The topological polar surface area (TPSA) is 48.4 Å². The van der Waals surface area contributed by atoms with Crippen LogP contribution in [0.5, 0.6) is 5.75 Å². The number of rotatable bonds is 2. The molecule has 0 aliphatic heterocycles. The van der Waals surface area contributed by atoms with E-state index < -0.39 is 17.6 Å². The third-order valence-corrected chi connectivity index (χ3v) is 2.47. The van der Waals surface area contributed by atoms with E-state index in [1.807, 2.05) is 0 Å². The van der Waals surface area contributed by atoms with Crippen molar-refractivity contribution >= 4 is 16.9 Å². The molecule has 0 bridgehead atoms. The summed E-state index contributed by atoms with van der Waals surface area (Å²) in [6.45, 7) is 0. The summed E-state index contributed by atoms with van der Waals surface area (Å²) in [7, 11) is 2.51. The number of hydrogen-bond acceptors (Lipinski definition) is 4. The van der Waals surface area contributed by atoms with Gasteiger partial charge in [0, 0.05) is 17.6 Å². The fourth-order valence-electron chi connectivity index (χ4n) is 1.59. The SMILES string of the molecule is COC(=O)c1cnc2c(OC)cc(F)c(F)c2c1. The van der Waals surface area contributed by atoms with Crippen LogP contribution in [0.15, 0.2) is 18.3 Å². The molecule has 0 spiro atoms. The second-order valence-electron chi connectivity index (χ2n) is 3.49. The zero-order valence-corrected chi connectivity index (χ0v) is 9.66. The molecule has 0 fully saturated rings. The number of nitrogens with zero attached hydrogens (tertiary/aromatic N) is 1. The quantitative estimate of drug-likeness (QED) is 0.770. The zero-order valence-electron chi connectivity index (χ0n) is 9.66. The Hall–Kier alpha value is -2.24. The van der Waals surface area contributed by atoms with Crippen LogP contribution in [-0.4, -0.2) is 25.2 Å². The van der Waals surface area contributed by atoms with E-state index in [0.29, 0.717) is 0 Å². The van der Waals surface area contributed by atoms with Gasteiger partial charge >= 0.3 is 5.97 Å². The number of aromatic nitrogens is 1. The van der Waals surface area contributed by atoms with E-state index in [1.54, 1.807) is 0 Å². The van der Waals surface area contributed by atoms with Gasteiger partial charge in [-0.2, -0.15) is 0 Å². The average molecular weight is 253 g/mol. The number of benzene rings is 1. The van der Waals surface area contributed by atoms with Gasteiger partial charge in [0.25, 0.3) is 0 Å². The summed E-state index contributed by atoms with van der Waals surface area (Å²) in [5.74, 6) is -2.72. The van der Waals surface area contributed by atoms with E-state index in [-0.39, 0.29) is 22.2 Å². The molecule has 0 atom stereocenters. The van der Waals surface area contributed by atoms with Crippen LogP contribution in [0.4, 0.5) is 8.78 Å². The molecule has 1 aromatic carbocycles. The average Bonchev–Trinajstić information content (AvgIpc) is 2.41. The summed E-state index contributed by atoms with van der Waals surface area (Å²) in [5, 5.41) is -0.130. The fourth-order valence-corrected chi connectivity index (χ4v) is 1.59. The summed E-state index contributed by atoms with van der Waals surface area (Å²) < 4.78 is 36.3. The molecular formula is C12H9F2NO3. The molecule has 0 N–H and O–H groups in total. The molecule has 0 saturated carbocycles. The Balaban J connectivity index is 2.76. The Morgan fingerprint density at radius 3 is 2.61 bits per heavy atom. The van der Waals surface area contributed by atoms with Crippen LogP contribution in [0.1, 0.15) is 10.4 Å². The van der Waals surface area contributed by atoms with Crippen LogP contribution in [0.25, 0.3) is 10.9 Å². The van der Waals surface area contributed by atoms with Crippen LogP contribution in [0.3, 0.4) is 0 Å². The molecule has 6 heteroatoms. The number of carbonyl (C=O) groups excluding carboxylic acids is 1. The van der Waals surface area contributed by atoms with Gasteiger partial charge in [0.2, 0.25) is 0 Å². The smallest absolute Gasteiger partial charge is 0.339 e. The maximum absolute atomic E-state index is 13.6. The molecule has 0 unspecified atom stereocenters. The summed E-state index contributed by atoms with van der Waals surface area (Å²) in [5.41, 5.74) is 0.181. The van der Waals surface area contributed by atoms with Crippen LogP contribution in [-0.2, 0) is 4.74 Å². The zero-order chi connectivity index (χ0) is 13.3. The van der Waals surface area contributed by atoms with Gasteiger partial charge in [-0.15, -0.1) is 0 Å². The molecule has 2 rings (SSSR count). The second kappa shape index (κ2) is 4.56.